The molecule has 1 amide bonds. The van der Waals surface area contributed by atoms with Crippen LogP contribution in [-0.4, -0.2) is 57.7 Å². The van der Waals surface area contributed by atoms with Crippen LogP contribution >= 0.6 is 0 Å². The van der Waals surface area contributed by atoms with E-state index < -0.39 is 0 Å². The number of piperazine rings is 1. The lowest BCUT2D eigenvalue weighted by Crippen LogP contribution is -2.52. The smallest absolute Gasteiger partial charge is 0.244 e. The van der Waals surface area contributed by atoms with E-state index in [4.69, 9.17) is 0 Å². The largest absolute Gasteiger partial charge is 0.339 e. The highest BCUT2D eigenvalue weighted by atomic mass is 16.2. The SMILES string of the molecule is O=C(Cn1cccn1)N1CCN(C2CCCCC2)CC1. The zero-order valence-corrected chi connectivity index (χ0v) is 12.1. The molecule has 0 bridgehead atoms. The minimum atomic E-state index is 0.192. The number of carbonyl (C=O) groups excluding carboxylic acids is 1. The molecule has 2 aliphatic rings. The van der Waals surface area contributed by atoms with Crippen LogP contribution in [0.3, 0.4) is 0 Å². The summed E-state index contributed by atoms with van der Waals surface area (Å²) in [6.45, 7) is 4.19. The van der Waals surface area contributed by atoms with E-state index in [1.165, 1.54) is 32.1 Å². The van der Waals surface area contributed by atoms with Gasteiger partial charge in [0.1, 0.15) is 6.54 Å². The Morgan fingerprint density at radius 3 is 2.50 bits per heavy atom. The average Bonchev–Trinajstić information content (AvgIpc) is 3.01. The molecule has 5 heteroatoms. The zero-order chi connectivity index (χ0) is 13.8. The molecule has 0 N–H and O–H groups in total. The number of amides is 1. The number of rotatable bonds is 3. The summed E-state index contributed by atoms with van der Waals surface area (Å²) in [5.41, 5.74) is 0. The van der Waals surface area contributed by atoms with Crippen LogP contribution in [0.5, 0.6) is 0 Å². The molecule has 0 radical (unpaired) electrons. The summed E-state index contributed by atoms with van der Waals surface area (Å²) in [4.78, 5) is 16.8. The monoisotopic (exact) mass is 276 g/mol. The van der Waals surface area contributed by atoms with Crippen molar-refractivity contribution in [1.29, 1.82) is 0 Å². The summed E-state index contributed by atoms with van der Waals surface area (Å²) in [6.07, 6.45) is 10.4. The Labute approximate surface area is 120 Å². The Kier molecular flexibility index (Phi) is 4.35. The van der Waals surface area contributed by atoms with Gasteiger partial charge in [-0.15, -0.1) is 0 Å². The predicted octanol–water partition coefficient (Wildman–Crippen LogP) is 1.36. The third kappa shape index (κ3) is 3.20. The Balaban J connectivity index is 1.46. The minimum absolute atomic E-state index is 0.192. The van der Waals surface area contributed by atoms with E-state index in [9.17, 15) is 4.79 Å². The van der Waals surface area contributed by atoms with Gasteiger partial charge in [0.2, 0.25) is 5.91 Å². The first-order valence-electron chi connectivity index (χ1n) is 7.82. The van der Waals surface area contributed by atoms with Gasteiger partial charge in [0.15, 0.2) is 0 Å². The zero-order valence-electron chi connectivity index (χ0n) is 12.1. The molecule has 2 heterocycles. The molecule has 1 saturated carbocycles. The fraction of sp³-hybridized carbons (Fsp3) is 0.733. The first-order valence-corrected chi connectivity index (χ1v) is 7.82. The first kappa shape index (κ1) is 13.6. The van der Waals surface area contributed by atoms with E-state index in [0.717, 1.165) is 32.2 Å². The number of nitrogens with zero attached hydrogens (tertiary/aromatic N) is 4. The van der Waals surface area contributed by atoms with Gasteiger partial charge < -0.3 is 4.90 Å². The Hall–Kier alpha value is -1.36. The molecule has 1 aliphatic heterocycles. The molecule has 1 saturated heterocycles. The number of hydrogen-bond donors (Lipinski definition) is 0. The molecule has 0 aromatic carbocycles. The molecule has 0 unspecified atom stereocenters. The van der Waals surface area contributed by atoms with Crippen LogP contribution in [0.15, 0.2) is 18.5 Å². The highest BCUT2D eigenvalue weighted by Gasteiger charge is 2.26. The van der Waals surface area contributed by atoms with E-state index >= 15 is 0 Å². The predicted molar refractivity (Wildman–Crippen MR) is 77.3 cm³/mol. The van der Waals surface area contributed by atoms with Gasteiger partial charge in [-0.1, -0.05) is 19.3 Å². The van der Waals surface area contributed by atoms with Gasteiger partial charge in [-0.3, -0.25) is 14.4 Å². The summed E-state index contributed by atoms with van der Waals surface area (Å²) in [5.74, 6) is 0.192. The van der Waals surface area contributed by atoms with Crippen LogP contribution in [-0.2, 0) is 11.3 Å². The minimum Gasteiger partial charge on any atom is -0.339 e. The van der Waals surface area contributed by atoms with Crippen LogP contribution in [0.4, 0.5) is 0 Å². The van der Waals surface area contributed by atoms with E-state index in [-0.39, 0.29) is 5.91 Å². The standard InChI is InChI=1S/C15H24N4O/c20-15(13-19-8-4-7-16-19)18-11-9-17(10-12-18)14-5-2-1-3-6-14/h4,7-8,14H,1-3,5-6,9-13H2. The van der Waals surface area contributed by atoms with E-state index in [1.807, 2.05) is 17.2 Å². The van der Waals surface area contributed by atoms with Crippen LogP contribution in [0.25, 0.3) is 0 Å². The molecular formula is C15H24N4O. The molecule has 110 valence electrons. The molecule has 2 fully saturated rings. The van der Waals surface area contributed by atoms with Crippen molar-refractivity contribution in [2.75, 3.05) is 26.2 Å². The molecule has 0 atom stereocenters. The van der Waals surface area contributed by atoms with Crippen molar-refractivity contribution in [1.82, 2.24) is 19.6 Å². The van der Waals surface area contributed by atoms with Crippen molar-refractivity contribution in [2.45, 2.75) is 44.7 Å². The summed E-state index contributed by atoms with van der Waals surface area (Å²) < 4.78 is 1.70. The first-order chi connectivity index (χ1) is 9.83. The normalized spacial score (nSPS) is 22.1. The van der Waals surface area contributed by atoms with E-state index in [1.54, 1.807) is 10.9 Å². The molecule has 1 aromatic heterocycles. The molecule has 20 heavy (non-hydrogen) atoms. The maximum atomic E-state index is 12.2. The Morgan fingerprint density at radius 1 is 1.10 bits per heavy atom. The summed E-state index contributed by atoms with van der Waals surface area (Å²) >= 11 is 0. The van der Waals surface area contributed by atoms with Gasteiger partial charge in [0, 0.05) is 44.6 Å². The molecule has 1 aliphatic carbocycles. The van der Waals surface area contributed by atoms with Crippen molar-refractivity contribution < 1.29 is 4.79 Å². The van der Waals surface area contributed by atoms with E-state index in [2.05, 4.69) is 10.00 Å². The lowest BCUT2D eigenvalue weighted by atomic mass is 9.94. The van der Waals surface area contributed by atoms with Gasteiger partial charge in [0.25, 0.3) is 0 Å². The number of aromatic nitrogens is 2. The summed E-state index contributed by atoms with van der Waals surface area (Å²) in [5, 5.41) is 4.10. The highest BCUT2D eigenvalue weighted by molar-refractivity contribution is 5.76. The van der Waals surface area contributed by atoms with Gasteiger partial charge in [-0.25, -0.2) is 0 Å². The summed E-state index contributed by atoms with van der Waals surface area (Å²) in [6, 6.07) is 2.63. The van der Waals surface area contributed by atoms with Crippen LogP contribution in [0.2, 0.25) is 0 Å². The van der Waals surface area contributed by atoms with Gasteiger partial charge in [0.05, 0.1) is 0 Å². The van der Waals surface area contributed by atoms with Gasteiger partial charge in [-0.05, 0) is 18.9 Å². The fourth-order valence-corrected chi connectivity index (χ4v) is 3.42. The van der Waals surface area contributed by atoms with Crippen molar-refractivity contribution in [3.63, 3.8) is 0 Å². The quantitative estimate of drug-likeness (QED) is 0.837. The second-order valence-corrected chi connectivity index (χ2v) is 5.91. The average molecular weight is 276 g/mol. The molecule has 0 spiro atoms. The lowest BCUT2D eigenvalue weighted by molar-refractivity contribution is -0.134. The second-order valence-electron chi connectivity index (χ2n) is 5.91. The van der Waals surface area contributed by atoms with Crippen molar-refractivity contribution in [2.24, 2.45) is 0 Å². The van der Waals surface area contributed by atoms with Crippen molar-refractivity contribution >= 4 is 5.91 Å². The van der Waals surface area contributed by atoms with Crippen LogP contribution < -0.4 is 0 Å². The van der Waals surface area contributed by atoms with Crippen molar-refractivity contribution in [3.05, 3.63) is 18.5 Å². The van der Waals surface area contributed by atoms with Gasteiger partial charge in [-0.2, -0.15) is 5.10 Å². The van der Waals surface area contributed by atoms with Crippen LogP contribution in [0.1, 0.15) is 32.1 Å². The second kappa shape index (κ2) is 6.39. The maximum absolute atomic E-state index is 12.2. The third-order valence-electron chi connectivity index (χ3n) is 4.61. The number of carbonyl (C=O) groups is 1. The third-order valence-corrected chi connectivity index (χ3v) is 4.61. The van der Waals surface area contributed by atoms with Crippen LogP contribution in [0, 0.1) is 0 Å². The van der Waals surface area contributed by atoms with E-state index in [0.29, 0.717) is 6.54 Å². The topological polar surface area (TPSA) is 41.4 Å². The highest BCUT2D eigenvalue weighted by Crippen LogP contribution is 2.23. The molecule has 5 nitrogen and oxygen atoms in total. The summed E-state index contributed by atoms with van der Waals surface area (Å²) in [7, 11) is 0. The lowest BCUT2D eigenvalue weighted by Gasteiger charge is -2.40. The Morgan fingerprint density at radius 2 is 1.85 bits per heavy atom. The van der Waals surface area contributed by atoms with Gasteiger partial charge >= 0.3 is 0 Å². The maximum Gasteiger partial charge on any atom is 0.244 e. The van der Waals surface area contributed by atoms with Crippen molar-refractivity contribution in [3.8, 4) is 0 Å². The Bertz CT molecular complexity index is 417. The molecule has 3 rings (SSSR count). The molecule has 1 aromatic rings. The number of hydrogen-bond acceptors (Lipinski definition) is 3. The molecular weight excluding hydrogens is 252 g/mol. The fourth-order valence-electron chi connectivity index (χ4n) is 3.42.